The van der Waals surface area contributed by atoms with E-state index < -0.39 is 16.2 Å². The largest absolute Gasteiger partial charge is 0.396 e. The number of hydrogen-bond donors (Lipinski definition) is 2. The maximum atomic E-state index is 11.5. The summed E-state index contributed by atoms with van der Waals surface area (Å²) in [6.45, 7) is -0.147. The molecule has 2 atom stereocenters. The standard InChI is InChI=1S/C11H12N2O4/c12-10(15)11(5-8(11)6-14)7-2-1-3-9(4-7)13(16)17/h1-4,8,14H,5-6H2,(H2,12,15)/t8-,11-/m1/s1. The third kappa shape index (κ3) is 1.66. The molecule has 0 saturated heterocycles. The molecule has 6 nitrogen and oxygen atoms in total. The van der Waals surface area contributed by atoms with Gasteiger partial charge in [0.1, 0.15) is 0 Å². The second-order valence-corrected chi connectivity index (χ2v) is 4.23. The summed E-state index contributed by atoms with van der Waals surface area (Å²) in [5, 5.41) is 19.8. The Balaban J connectivity index is 2.43. The highest BCUT2D eigenvalue weighted by molar-refractivity contribution is 5.90. The van der Waals surface area contributed by atoms with Crippen molar-refractivity contribution in [3.05, 3.63) is 39.9 Å². The van der Waals surface area contributed by atoms with E-state index >= 15 is 0 Å². The number of non-ortho nitro benzene ring substituents is 1. The normalized spacial score (nSPS) is 26.5. The van der Waals surface area contributed by atoms with Crippen LogP contribution in [0.1, 0.15) is 12.0 Å². The van der Waals surface area contributed by atoms with Crippen LogP contribution in [0, 0.1) is 16.0 Å². The van der Waals surface area contributed by atoms with Crippen LogP contribution in [-0.4, -0.2) is 22.5 Å². The number of carbonyl (C=O) groups is 1. The quantitative estimate of drug-likeness (QED) is 0.580. The van der Waals surface area contributed by atoms with Gasteiger partial charge in [0, 0.05) is 24.7 Å². The fourth-order valence-corrected chi connectivity index (χ4v) is 2.24. The third-order valence-corrected chi connectivity index (χ3v) is 3.34. The van der Waals surface area contributed by atoms with Crippen molar-refractivity contribution < 1.29 is 14.8 Å². The average molecular weight is 236 g/mol. The first-order chi connectivity index (χ1) is 8.02. The maximum absolute atomic E-state index is 11.5. The molecular weight excluding hydrogens is 224 g/mol. The third-order valence-electron chi connectivity index (χ3n) is 3.34. The number of aliphatic hydroxyl groups is 1. The predicted molar refractivity (Wildman–Crippen MR) is 59.2 cm³/mol. The Kier molecular flexibility index (Phi) is 2.59. The lowest BCUT2D eigenvalue weighted by Crippen LogP contribution is -2.31. The Labute approximate surface area is 97.2 Å². The van der Waals surface area contributed by atoms with Crippen molar-refractivity contribution in [2.75, 3.05) is 6.61 Å². The molecule has 0 heterocycles. The van der Waals surface area contributed by atoms with Gasteiger partial charge in [-0.25, -0.2) is 0 Å². The lowest BCUT2D eigenvalue weighted by molar-refractivity contribution is -0.384. The van der Waals surface area contributed by atoms with Crippen molar-refractivity contribution in [1.82, 2.24) is 0 Å². The first-order valence-electron chi connectivity index (χ1n) is 5.18. The Bertz CT molecular complexity index is 488. The van der Waals surface area contributed by atoms with Gasteiger partial charge in [0.05, 0.1) is 10.3 Å². The topological polar surface area (TPSA) is 106 Å². The number of primary amides is 1. The second-order valence-electron chi connectivity index (χ2n) is 4.23. The molecule has 0 aromatic heterocycles. The molecule has 0 unspecified atom stereocenters. The number of nitrogens with two attached hydrogens (primary N) is 1. The number of amides is 1. The molecule has 1 amide bonds. The number of nitrogens with zero attached hydrogens (tertiary/aromatic N) is 1. The van der Waals surface area contributed by atoms with Crippen LogP contribution in [0.5, 0.6) is 0 Å². The van der Waals surface area contributed by atoms with Crippen molar-refractivity contribution in [2.24, 2.45) is 11.7 Å². The minimum Gasteiger partial charge on any atom is -0.396 e. The number of nitro groups is 1. The first kappa shape index (κ1) is 11.5. The zero-order chi connectivity index (χ0) is 12.6. The molecule has 0 bridgehead atoms. The number of hydrogen-bond acceptors (Lipinski definition) is 4. The van der Waals surface area contributed by atoms with E-state index in [0.29, 0.717) is 12.0 Å². The van der Waals surface area contributed by atoms with Gasteiger partial charge in [-0.05, 0) is 12.0 Å². The van der Waals surface area contributed by atoms with Crippen molar-refractivity contribution >= 4 is 11.6 Å². The van der Waals surface area contributed by atoms with Crippen LogP contribution in [0.15, 0.2) is 24.3 Å². The number of nitro benzene ring substituents is 1. The molecule has 3 N–H and O–H groups in total. The molecule has 1 aromatic carbocycles. The molecule has 0 aliphatic heterocycles. The molecule has 1 fully saturated rings. The van der Waals surface area contributed by atoms with Crippen LogP contribution in [0.2, 0.25) is 0 Å². The number of benzene rings is 1. The highest BCUT2D eigenvalue weighted by Crippen LogP contribution is 2.54. The molecule has 1 aliphatic carbocycles. The highest BCUT2D eigenvalue weighted by Gasteiger charge is 2.59. The summed E-state index contributed by atoms with van der Waals surface area (Å²) >= 11 is 0. The van der Waals surface area contributed by atoms with Gasteiger partial charge < -0.3 is 10.8 Å². The van der Waals surface area contributed by atoms with Gasteiger partial charge in [-0.2, -0.15) is 0 Å². The van der Waals surface area contributed by atoms with Gasteiger partial charge in [0.25, 0.3) is 5.69 Å². The van der Waals surface area contributed by atoms with E-state index in [2.05, 4.69) is 0 Å². The van der Waals surface area contributed by atoms with E-state index in [1.165, 1.54) is 18.2 Å². The number of carbonyl (C=O) groups excluding carboxylic acids is 1. The Hall–Kier alpha value is -1.95. The lowest BCUT2D eigenvalue weighted by Gasteiger charge is -2.12. The van der Waals surface area contributed by atoms with E-state index in [1.807, 2.05) is 0 Å². The van der Waals surface area contributed by atoms with Gasteiger partial charge in [-0.15, -0.1) is 0 Å². The van der Waals surface area contributed by atoms with Crippen molar-refractivity contribution in [2.45, 2.75) is 11.8 Å². The fourth-order valence-electron chi connectivity index (χ4n) is 2.24. The highest BCUT2D eigenvalue weighted by atomic mass is 16.6. The van der Waals surface area contributed by atoms with Gasteiger partial charge in [0.2, 0.25) is 5.91 Å². The van der Waals surface area contributed by atoms with Gasteiger partial charge >= 0.3 is 0 Å². The zero-order valence-corrected chi connectivity index (χ0v) is 9.00. The fraction of sp³-hybridized carbons (Fsp3) is 0.364. The predicted octanol–water partition coefficient (Wildman–Crippen LogP) is 0.330. The van der Waals surface area contributed by atoms with Gasteiger partial charge in [-0.3, -0.25) is 14.9 Å². The summed E-state index contributed by atoms with van der Waals surface area (Å²) in [6, 6.07) is 5.85. The molecule has 17 heavy (non-hydrogen) atoms. The number of rotatable bonds is 4. The molecule has 90 valence electrons. The SMILES string of the molecule is NC(=O)[C@@]1(c2cccc([N+](=O)[O-])c2)C[C@@H]1CO. The Morgan fingerprint density at radius 3 is 2.82 bits per heavy atom. The first-order valence-corrected chi connectivity index (χ1v) is 5.18. The van der Waals surface area contributed by atoms with Crippen LogP contribution < -0.4 is 5.73 Å². The summed E-state index contributed by atoms with van der Waals surface area (Å²) in [5.74, 6) is -0.779. The summed E-state index contributed by atoms with van der Waals surface area (Å²) in [6.07, 6.45) is 0.444. The van der Waals surface area contributed by atoms with Crippen molar-refractivity contribution in [1.29, 1.82) is 0 Å². The Morgan fingerprint density at radius 2 is 2.35 bits per heavy atom. The van der Waals surface area contributed by atoms with Crippen LogP contribution in [-0.2, 0) is 10.2 Å². The Morgan fingerprint density at radius 1 is 1.65 bits per heavy atom. The van der Waals surface area contributed by atoms with Crippen LogP contribution >= 0.6 is 0 Å². The van der Waals surface area contributed by atoms with Crippen LogP contribution in [0.3, 0.4) is 0 Å². The van der Waals surface area contributed by atoms with Crippen LogP contribution in [0.25, 0.3) is 0 Å². The summed E-state index contributed by atoms with van der Waals surface area (Å²) in [7, 11) is 0. The summed E-state index contributed by atoms with van der Waals surface area (Å²) in [5.41, 5.74) is 4.84. The molecule has 1 aromatic rings. The molecule has 0 spiro atoms. The van der Waals surface area contributed by atoms with E-state index in [0.717, 1.165) is 0 Å². The number of aliphatic hydroxyl groups excluding tert-OH is 1. The maximum Gasteiger partial charge on any atom is 0.269 e. The van der Waals surface area contributed by atoms with Gasteiger partial charge in [0.15, 0.2) is 0 Å². The van der Waals surface area contributed by atoms with Crippen molar-refractivity contribution in [3.8, 4) is 0 Å². The van der Waals surface area contributed by atoms with E-state index in [1.54, 1.807) is 6.07 Å². The minimum absolute atomic E-state index is 0.0771. The molecule has 2 rings (SSSR count). The minimum atomic E-state index is -0.930. The molecule has 1 aliphatic rings. The van der Waals surface area contributed by atoms with Crippen LogP contribution in [0.4, 0.5) is 5.69 Å². The molecule has 6 heteroatoms. The monoisotopic (exact) mass is 236 g/mol. The summed E-state index contributed by atoms with van der Waals surface area (Å²) in [4.78, 5) is 21.6. The second kappa shape index (κ2) is 3.81. The average Bonchev–Trinajstić information content (AvgIpc) is 3.05. The molecule has 0 radical (unpaired) electrons. The molecule has 1 saturated carbocycles. The van der Waals surface area contributed by atoms with E-state index in [-0.39, 0.29) is 18.2 Å². The zero-order valence-electron chi connectivity index (χ0n) is 9.00. The molecular formula is C11H12N2O4. The lowest BCUT2D eigenvalue weighted by atomic mass is 9.92. The smallest absolute Gasteiger partial charge is 0.269 e. The van der Waals surface area contributed by atoms with Gasteiger partial charge in [-0.1, -0.05) is 12.1 Å². The van der Waals surface area contributed by atoms with Crippen molar-refractivity contribution in [3.63, 3.8) is 0 Å². The van der Waals surface area contributed by atoms with E-state index in [4.69, 9.17) is 10.8 Å². The van der Waals surface area contributed by atoms with E-state index in [9.17, 15) is 14.9 Å². The summed E-state index contributed by atoms with van der Waals surface area (Å²) < 4.78 is 0.